The first-order valence-electron chi connectivity index (χ1n) is 9.00. The summed E-state index contributed by atoms with van der Waals surface area (Å²) in [6.45, 7) is 4.36. The molecule has 1 heterocycles. The van der Waals surface area contributed by atoms with Crippen LogP contribution in [0.3, 0.4) is 0 Å². The van der Waals surface area contributed by atoms with Gasteiger partial charge < -0.3 is 10.1 Å². The third kappa shape index (κ3) is 4.42. The Bertz CT molecular complexity index is 927. The first kappa shape index (κ1) is 19.2. The summed E-state index contributed by atoms with van der Waals surface area (Å²) in [5.74, 6) is -0.0397. The molecule has 3 rings (SSSR count). The maximum atomic E-state index is 13.1. The van der Waals surface area contributed by atoms with Gasteiger partial charge in [0.2, 0.25) is 10.0 Å². The number of benzene rings is 2. The molecular weight excluding hydrogens is 364 g/mol. The van der Waals surface area contributed by atoms with Crippen LogP contribution < -0.4 is 14.4 Å². The highest BCUT2D eigenvalue weighted by molar-refractivity contribution is 7.92. The van der Waals surface area contributed by atoms with Crippen LogP contribution >= 0.6 is 0 Å². The van der Waals surface area contributed by atoms with Crippen LogP contribution in [0.4, 0.5) is 5.69 Å². The number of rotatable bonds is 6. The number of sulfonamides is 1. The fourth-order valence-corrected chi connectivity index (χ4v) is 4.62. The number of nitrogens with one attached hydrogen (secondary N) is 1. The van der Waals surface area contributed by atoms with Gasteiger partial charge in [-0.15, -0.1) is 0 Å². The second kappa shape index (κ2) is 8.00. The lowest BCUT2D eigenvalue weighted by Gasteiger charge is -2.34. The number of para-hydroxylation sites is 2. The van der Waals surface area contributed by atoms with Crippen molar-refractivity contribution in [1.29, 1.82) is 0 Å². The van der Waals surface area contributed by atoms with Gasteiger partial charge in [-0.1, -0.05) is 48.9 Å². The number of ether oxygens (including phenoxy) is 1. The Morgan fingerprint density at radius 1 is 1.22 bits per heavy atom. The van der Waals surface area contributed by atoms with E-state index in [0.717, 1.165) is 12.0 Å². The van der Waals surface area contributed by atoms with Crippen LogP contribution in [-0.2, 0) is 20.6 Å². The van der Waals surface area contributed by atoms with Crippen LogP contribution in [-0.4, -0.2) is 33.5 Å². The van der Waals surface area contributed by atoms with E-state index in [9.17, 15) is 13.2 Å². The third-order valence-corrected chi connectivity index (χ3v) is 6.06. The number of hydrogen-bond donors (Lipinski definition) is 1. The number of anilines is 1. The Labute approximate surface area is 160 Å². The molecule has 0 aromatic heterocycles. The zero-order chi connectivity index (χ0) is 19.4. The highest BCUT2D eigenvalue weighted by Gasteiger charge is 2.36. The molecule has 144 valence electrons. The molecule has 1 aliphatic rings. The van der Waals surface area contributed by atoms with Gasteiger partial charge in [0.15, 0.2) is 6.10 Å². The zero-order valence-corrected chi connectivity index (χ0v) is 16.3. The molecule has 2 aromatic carbocycles. The summed E-state index contributed by atoms with van der Waals surface area (Å²) in [5, 5.41) is 2.78. The molecule has 27 heavy (non-hydrogen) atoms. The van der Waals surface area contributed by atoms with Crippen molar-refractivity contribution >= 4 is 21.6 Å². The van der Waals surface area contributed by atoms with Crippen molar-refractivity contribution in [3.8, 4) is 5.75 Å². The molecule has 0 saturated heterocycles. The van der Waals surface area contributed by atoms with Crippen LogP contribution in [0.25, 0.3) is 0 Å². The third-order valence-electron chi connectivity index (χ3n) is 4.34. The molecule has 1 amide bonds. The largest absolute Gasteiger partial charge is 0.476 e. The molecule has 2 aromatic rings. The highest BCUT2D eigenvalue weighted by atomic mass is 32.2. The summed E-state index contributed by atoms with van der Waals surface area (Å²) < 4.78 is 33.4. The molecule has 0 aliphatic carbocycles. The average molecular weight is 388 g/mol. The van der Waals surface area contributed by atoms with Gasteiger partial charge in [0.25, 0.3) is 5.91 Å². The minimum atomic E-state index is -3.68. The Morgan fingerprint density at radius 2 is 2.00 bits per heavy atom. The standard InChI is InChI=1S/C20H24N2O4S/c1-3-11-21-20(23)19-13-22(17-9-4-5-10-18(17)26-19)27(24,25)14-16-8-6-7-15(2)12-16/h4-10,12,19H,3,11,13-14H2,1-2H3,(H,21,23). The van der Waals surface area contributed by atoms with Crippen molar-refractivity contribution in [3.05, 3.63) is 59.7 Å². The lowest BCUT2D eigenvalue weighted by atomic mass is 10.2. The predicted octanol–water partition coefficient (Wildman–Crippen LogP) is 2.62. The second-order valence-corrected chi connectivity index (χ2v) is 8.53. The van der Waals surface area contributed by atoms with Crippen molar-refractivity contribution < 1.29 is 17.9 Å². The summed E-state index contributed by atoms with van der Waals surface area (Å²) in [7, 11) is -3.68. The number of carbonyl (C=O) groups is 1. The number of fused-ring (bicyclic) bond motifs is 1. The maximum Gasteiger partial charge on any atom is 0.263 e. The molecule has 0 bridgehead atoms. The van der Waals surface area contributed by atoms with E-state index < -0.39 is 16.1 Å². The van der Waals surface area contributed by atoms with Gasteiger partial charge in [0.1, 0.15) is 5.75 Å². The molecule has 1 unspecified atom stereocenters. The number of amides is 1. The van der Waals surface area contributed by atoms with Crippen LogP contribution in [0.15, 0.2) is 48.5 Å². The minimum absolute atomic E-state index is 0.0410. The van der Waals surface area contributed by atoms with Gasteiger partial charge in [-0.3, -0.25) is 9.10 Å². The molecule has 1 atom stereocenters. The van der Waals surface area contributed by atoms with Gasteiger partial charge in [-0.2, -0.15) is 0 Å². The smallest absolute Gasteiger partial charge is 0.263 e. The SMILES string of the molecule is CCCNC(=O)C1CN(S(=O)(=O)Cc2cccc(C)c2)c2ccccc2O1. The fourth-order valence-electron chi connectivity index (χ4n) is 3.05. The Balaban J connectivity index is 1.90. The first-order valence-corrected chi connectivity index (χ1v) is 10.6. The van der Waals surface area contributed by atoms with Gasteiger partial charge in [0, 0.05) is 6.54 Å². The predicted molar refractivity (Wildman–Crippen MR) is 105 cm³/mol. The molecule has 0 fully saturated rings. The van der Waals surface area contributed by atoms with Crippen LogP contribution in [0.1, 0.15) is 24.5 Å². The van der Waals surface area contributed by atoms with Crippen molar-refractivity contribution in [2.24, 2.45) is 0 Å². The number of nitrogens with zero attached hydrogens (tertiary/aromatic N) is 1. The number of aryl methyl sites for hydroxylation is 1. The lowest BCUT2D eigenvalue weighted by molar-refractivity contribution is -0.127. The monoisotopic (exact) mass is 388 g/mol. The van der Waals surface area contributed by atoms with Crippen molar-refractivity contribution in [2.75, 3.05) is 17.4 Å². The molecule has 1 aliphatic heterocycles. The summed E-state index contributed by atoms with van der Waals surface area (Å²) in [5.41, 5.74) is 2.18. The zero-order valence-electron chi connectivity index (χ0n) is 15.5. The molecule has 6 nitrogen and oxygen atoms in total. The fraction of sp³-hybridized carbons (Fsp3) is 0.350. The van der Waals surface area contributed by atoms with Gasteiger partial charge in [-0.25, -0.2) is 8.42 Å². The van der Waals surface area contributed by atoms with Crippen LogP contribution in [0.5, 0.6) is 5.75 Å². The van der Waals surface area contributed by atoms with Crippen LogP contribution in [0, 0.1) is 6.92 Å². The Kier molecular flexibility index (Phi) is 5.70. The summed E-state index contributed by atoms with van der Waals surface area (Å²) in [6, 6.07) is 14.3. The van der Waals surface area contributed by atoms with E-state index in [1.54, 1.807) is 30.3 Å². The van der Waals surface area contributed by atoms with Gasteiger partial charge >= 0.3 is 0 Å². The quantitative estimate of drug-likeness (QED) is 0.825. The van der Waals surface area contributed by atoms with Crippen molar-refractivity contribution in [2.45, 2.75) is 32.1 Å². The normalized spacial score (nSPS) is 16.4. The average Bonchev–Trinajstić information content (AvgIpc) is 2.64. The van der Waals surface area contributed by atoms with E-state index in [2.05, 4.69) is 5.32 Å². The minimum Gasteiger partial charge on any atom is -0.476 e. The topological polar surface area (TPSA) is 75.7 Å². The molecular formula is C20H24N2O4S. The van der Waals surface area contributed by atoms with E-state index in [1.165, 1.54) is 4.31 Å². The summed E-state index contributed by atoms with van der Waals surface area (Å²) in [4.78, 5) is 12.4. The maximum absolute atomic E-state index is 13.1. The highest BCUT2D eigenvalue weighted by Crippen LogP contribution is 2.35. The molecule has 0 radical (unpaired) electrons. The lowest BCUT2D eigenvalue weighted by Crippen LogP contribution is -2.51. The summed E-state index contributed by atoms with van der Waals surface area (Å²) in [6.07, 6.45) is -0.0801. The first-order chi connectivity index (χ1) is 12.9. The Hall–Kier alpha value is -2.54. The van der Waals surface area contributed by atoms with E-state index in [0.29, 0.717) is 23.5 Å². The molecule has 7 heteroatoms. The van der Waals surface area contributed by atoms with Crippen LogP contribution in [0.2, 0.25) is 0 Å². The van der Waals surface area contributed by atoms with Crippen molar-refractivity contribution in [1.82, 2.24) is 5.32 Å². The Morgan fingerprint density at radius 3 is 2.74 bits per heavy atom. The van der Waals surface area contributed by atoms with Gasteiger partial charge in [0.05, 0.1) is 18.0 Å². The van der Waals surface area contributed by atoms with E-state index in [4.69, 9.17) is 4.74 Å². The molecule has 0 saturated carbocycles. The van der Waals surface area contributed by atoms with E-state index in [-0.39, 0.29) is 18.2 Å². The van der Waals surface area contributed by atoms with Crippen molar-refractivity contribution in [3.63, 3.8) is 0 Å². The second-order valence-electron chi connectivity index (χ2n) is 6.64. The summed E-state index contributed by atoms with van der Waals surface area (Å²) >= 11 is 0. The number of hydrogen-bond acceptors (Lipinski definition) is 4. The molecule has 0 spiro atoms. The van der Waals surface area contributed by atoms with Gasteiger partial charge in [-0.05, 0) is 31.0 Å². The van der Waals surface area contributed by atoms with E-state index >= 15 is 0 Å². The molecule has 1 N–H and O–H groups in total. The number of carbonyl (C=O) groups excluding carboxylic acids is 1. The van der Waals surface area contributed by atoms with E-state index in [1.807, 2.05) is 32.0 Å².